The van der Waals surface area contributed by atoms with Crippen molar-refractivity contribution >= 4 is 33.4 Å². The molecule has 0 aromatic carbocycles. The van der Waals surface area contributed by atoms with E-state index < -0.39 is 0 Å². The van der Waals surface area contributed by atoms with Gasteiger partial charge in [-0.3, -0.25) is 4.68 Å². The lowest BCUT2D eigenvalue weighted by molar-refractivity contribution is 0.611. The number of aromatic nitrogens is 4. The van der Waals surface area contributed by atoms with Crippen molar-refractivity contribution in [3.63, 3.8) is 0 Å². The number of rotatable bonds is 6. The Bertz CT molecular complexity index is 805. The van der Waals surface area contributed by atoms with Crippen LogP contribution in [0.1, 0.15) is 43.8 Å². The number of nitriles is 1. The molecule has 0 aliphatic heterocycles. The highest BCUT2D eigenvalue weighted by molar-refractivity contribution is 9.10. The molecule has 0 bridgehead atoms. The minimum Gasteiger partial charge on any atom is -0.369 e. The Hall–Kier alpha value is -2.14. The number of nitrogens with one attached hydrogen (secondary N) is 2. The SMILES string of the molecule is CCNc1nc(Nc2cn(C3C[C@H]3C#N)nc2C2CC2)ncc1Br. The van der Waals surface area contributed by atoms with Gasteiger partial charge in [-0.1, -0.05) is 0 Å². The van der Waals surface area contributed by atoms with Crippen molar-refractivity contribution in [1.29, 1.82) is 5.26 Å². The Labute approximate surface area is 148 Å². The first-order valence-electron chi connectivity index (χ1n) is 8.21. The van der Waals surface area contributed by atoms with Crippen LogP contribution in [0.25, 0.3) is 0 Å². The molecule has 2 aromatic rings. The van der Waals surface area contributed by atoms with Crippen LogP contribution in [0.2, 0.25) is 0 Å². The van der Waals surface area contributed by atoms with Crippen LogP contribution < -0.4 is 10.6 Å². The van der Waals surface area contributed by atoms with Gasteiger partial charge in [-0.25, -0.2) is 4.98 Å². The van der Waals surface area contributed by atoms with Gasteiger partial charge >= 0.3 is 0 Å². The molecule has 1 unspecified atom stereocenters. The van der Waals surface area contributed by atoms with Gasteiger partial charge in [-0.2, -0.15) is 15.3 Å². The van der Waals surface area contributed by atoms with E-state index in [1.807, 2.05) is 17.8 Å². The second-order valence-corrected chi connectivity index (χ2v) is 7.12. The van der Waals surface area contributed by atoms with Crippen LogP contribution in [-0.4, -0.2) is 26.3 Å². The molecule has 0 saturated heterocycles. The number of anilines is 3. The van der Waals surface area contributed by atoms with Gasteiger partial charge in [-0.15, -0.1) is 0 Å². The Morgan fingerprint density at radius 2 is 2.29 bits per heavy atom. The molecule has 2 atom stereocenters. The Morgan fingerprint density at radius 1 is 1.46 bits per heavy atom. The van der Waals surface area contributed by atoms with Gasteiger partial charge in [0.05, 0.1) is 33.9 Å². The standard InChI is InChI=1S/C16H18BrN7/c1-2-19-15-11(17)7-20-16(22-15)21-12-8-24(13-5-10(13)6-18)23-14(12)9-3-4-9/h7-10,13H,2-5H2,1H3,(H2,19,20,21,22)/t10-,13?/m0/s1. The topological polar surface area (TPSA) is 91.5 Å². The third-order valence-electron chi connectivity index (χ3n) is 4.32. The molecule has 0 radical (unpaired) electrons. The first kappa shape index (κ1) is 15.4. The van der Waals surface area contributed by atoms with Gasteiger partial charge < -0.3 is 10.6 Å². The fraction of sp³-hybridized carbons (Fsp3) is 0.500. The number of halogens is 1. The van der Waals surface area contributed by atoms with Crippen LogP contribution in [0.3, 0.4) is 0 Å². The van der Waals surface area contributed by atoms with E-state index in [1.165, 1.54) is 12.8 Å². The lowest BCUT2D eigenvalue weighted by Gasteiger charge is -2.08. The number of hydrogen-bond donors (Lipinski definition) is 2. The monoisotopic (exact) mass is 387 g/mol. The average molecular weight is 388 g/mol. The maximum absolute atomic E-state index is 9.04. The molecule has 2 aromatic heterocycles. The third kappa shape index (κ3) is 2.96. The molecule has 124 valence electrons. The Kier molecular flexibility index (Phi) is 3.88. The maximum atomic E-state index is 9.04. The van der Waals surface area contributed by atoms with Crippen LogP contribution >= 0.6 is 15.9 Å². The minimum atomic E-state index is 0.0918. The van der Waals surface area contributed by atoms with Crippen molar-refractivity contribution in [1.82, 2.24) is 19.7 Å². The van der Waals surface area contributed by atoms with Gasteiger partial charge in [0.25, 0.3) is 0 Å². The van der Waals surface area contributed by atoms with Crippen molar-refractivity contribution in [3.05, 3.63) is 22.6 Å². The zero-order valence-corrected chi connectivity index (χ0v) is 14.9. The molecule has 2 aliphatic carbocycles. The zero-order valence-electron chi connectivity index (χ0n) is 13.3. The number of hydrogen-bond acceptors (Lipinski definition) is 6. The quantitative estimate of drug-likeness (QED) is 0.786. The Morgan fingerprint density at radius 3 is 2.96 bits per heavy atom. The molecular formula is C16H18BrN7. The molecule has 2 heterocycles. The third-order valence-corrected chi connectivity index (χ3v) is 4.90. The molecule has 2 N–H and O–H groups in total. The summed E-state index contributed by atoms with van der Waals surface area (Å²) in [6.45, 7) is 2.82. The van der Waals surface area contributed by atoms with Crippen LogP contribution in [0.4, 0.5) is 17.5 Å². The van der Waals surface area contributed by atoms with Gasteiger partial charge in [0, 0.05) is 24.9 Å². The summed E-state index contributed by atoms with van der Waals surface area (Å²) < 4.78 is 2.77. The predicted molar refractivity (Wildman–Crippen MR) is 94.1 cm³/mol. The van der Waals surface area contributed by atoms with E-state index >= 15 is 0 Å². The van der Waals surface area contributed by atoms with Crippen LogP contribution in [-0.2, 0) is 0 Å². The van der Waals surface area contributed by atoms with Gasteiger partial charge in [0.1, 0.15) is 5.82 Å². The van der Waals surface area contributed by atoms with Crippen LogP contribution in [0, 0.1) is 17.2 Å². The van der Waals surface area contributed by atoms with Crippen molar-refractivity contribution in [2.24, 2.45) is 5.92 Å². The summed E-state index contributed by atoms with van der Waals surface area (Å²) in [4.78, 5) is 8.85. The average Bonchev–Trinajstić information content (AvgIpc) is 3.49. The first-order chi connectivity index (χ1) is 11.7. The molecule has 2 aliphatic rings. The normalized spacial score (nSPS) is 22.0. The van der Waals surface area contributed by atoms with E-state index in [-0.39, 0.29) is 12.0 Å². The highest BCUT2D eigenvalue weighted by Gasteiger charge is 2.41. The lowest BCUT2D eigenvalue weighted by Crippen LogP contribution is -2.04. The first-order valence-corrected chi connectivity index (χ1v) is 9.01. The van der Waals surface area contributed by atoms with E-state index in [4.69, 9.17) is 10.4 Å². The highest BCUT2D eigenvalue weighted by Crippen LogP contribution is 2.47. The second kappa shape index (κ2) is 6.06. The summed E-state index contributed by atoms with van der Waals surface area (Å²) in [5.41, 5.74) is 2.01. The van der Waals surface area contributed by atoms with Crippen molar-refractivity contribution in [2.75, 3.05) is 17.2 Å². The van der Waals surface area contributed by atoms with Crippen molar-refractivity contribution in [2.45, 2.75) is 38.1 Å². The van der Waals surface area contributed by atoms with E-state index in [1.54, 1.807) is 6.20 Å². The summed E-state index contributed by atoms with van der Waals surface area (Å²) in [7, 11) is 0. The molecule has 24 heavy (non-hydrogen) atoms. The largest absolute Gasteiger partial charge is 0.369 e. The molecule has 0 spiro atoms. The second-order valence-electron chi connectivity index (χ2n) is 6.27. The van der Waals surface area contributed by atoms with E-state index in [0.717, 1.165) is 34.6 Å². The summed E-state index contributed by atoms with van der Waals surface area (Å²) in [6.07, 6.45) is 6.96. The Balaban J connectivity index is 1.60. The predicted octanol–water partition coefficient (Wildman–Crippen LogP) is 3.57. The summed E-state index contributed by atoms with van der Waals surface area (Å²) in [5.74, 6) is 1.91. The summed E-state index contributed by atoms with van der Waals surface area (Å²) in [5, 5.41) is 20.3. The van der Waals surface area contributed by atoms with Crippen molar-refractivity contribution in [3.8, 4) is 6.07 Å². The molecule has 2 fully saturated rings. The van der Waals surface area contributed by atoms with Crippen LogP contribution in [0.15, 0.2) is 16.9 Å². The van der Waals surface area contributed by atoms with Crippen LogP contribution in [0.5, 0.6) is 0 Å². The molecule has 4 rings (SSSR count). The summed E-state index contributed by atoms with van der Waals surface area (Å²) >= 11 is 3.45. The molecule has 2 saturated carbocycles. The molecular weight excluding hydrogens is 370 g/mol. The van der Waals surface area contributed by atoms with Gasteiger partial charge in [-0.05, 0) is 42.1 Å². The zero-order chi connectivity index (χ0) is 16.7. The van der Waals surface area contributed by atoms with E-state index in [9.17, 15) is 0 Å². The fourth-order valence-corrected chi connectivity index (χ4v) is 3.11. The van der Waals surface area contributed by atoms with E-state index in [0.29, 0.717) is 11.9 Å². The van der Waals surface area contributed by atoms with Gasteiger partial charge in [0.2, 0.25) is 5.95 Å². The lowest BCUT2D eigenvalue weighted by atomic mass is 10.2. The fourth-order valence-electron chi connectivity index (χ4n) is 2.78. The molecule has 7 nitrogen and oxygen atoms in total. The molecule has 8 heteroatoms. The van der Waals surface area contributed by atoms with Gasteiger partial charge in [0.15, 0.2) is 0 Å². The number of nitrogens with zero attached hydrogens (tertiary/aromatic N) is 5. The smallest absolute Gasteiger partial charge is 0.229 e. The minimum absolute atomic E-state index is 0.0918. The highest BCUT2D eigenvalue weighted by atomic mass is 79.9. The van der Waals surface area contributed by atoms with Crippen molar-refractivity contribution < 1.29 is 0 Å². The summed E-state index contributed by atoms with van der Waals surface area (Å²) in [6, 6.07) is 2.53. The molecule has 0 amide bonds. The maximum Gasteiger partial charge on any atom is 0.229 e. The van der Waals surface area contributed by atoms with E-state index in [2.05, 4.69) is 42.6 Å².